The van der Waals surface area contributed by atoms with Crippen molar-refractivity contribution >= 4 is 27.9 Å². The smallest absolute Gasteiger partial charge is 0.228 e. The molecule has 1 fully saturated rings. The number of thiazole rings is 1. The van der Waals surface area contributed by atoms with Crippen LogP contribution in [0.25, 0.3) is 16.2 Å². The van der Waals surface area contributed by atoms with E-state index in [9.17, 15) is 4.79 Å². The normalized spacial score (nSPS) is 14.0. The zero-order valence-electron chi connectivity index (χ0n) is 18.7. The van der Waals surface area contributed by atoms with Gasteiger partial charge in [0, 0.05) is 54.7 Å². The van der Waals surface area contributed by atoms with Crippen LogP contribution in [-0.4, -0.2) is 60.6 Å². The van der Waals surface area contributed by atoms with Gasteiger partial charge in [0.15, 0.2) is 4.96 Å². The molecule has 2 aromatic carbocycles. The number of carbonyl (C=O) groups is 1. The molecule has 0 aliphatic carbocycles. The molecule has 0 saturated carbocycles. The van der Waals surface area contributed by atoms with Crippen molar-refractivity contribution in [3.05, 3.63) is 65.8 Å². The molecule has 2 aromatic heterocycles. The Morgan fingerprint density at radius 2 is 1.76 bits per heavy atom. The number of amides is 1. The first kappa shape index (κ1) is 21.3. The first-order valence-electron chi connectivity index (χ1n) is 10.9. The lowest BCUT2D eigenvalue weighted by atomic mass is 10.1. The average molecular weight is 463 g/mol. The molecule has 0 radical (unpaired) electrons. The van der Waals surface area contributed by atoms with Gasteiger partial charge >= 0.3 is 0 Å². The largest absolute Gasteiger partial charge is 0.497 e. The summed E-state index contributed by atoms with van der Waals surface area (Å²) in [5, 5.41) is 2.03. The summed E-state index contributed by atoms with van der Waals surface area (Å²) >= 11 is 1.56. The van der Waals surface area contributed by atoms with Gasteiger partial charge in [-0.25, -0.2) is 4.98 Å². The second kappa shape index (κ2) is 9.15. The van der Waals surface area contributed by atoms with Crippen molar-refractivity contribution in [2.24, 2.45) is 0 Å². The molecule has 170 valence electrons. The van der Waals surface area contributed by atoms with Gasteiger partial charge in [-0.1, -0.05) is 12.1 Å². The molecule has 7 nitrogen and oxygen atoms in total. The fourth-order valence-corrected chi connectivity index (χ4v) is 5.02. The highest BCUT2D eigenvalue weighted by Gasteiger charge is 2.23. The molecule has 33 heavy (non-hydrogen) atoms. The Morgan fingerprint density at radius 1 is 1.00 bits per heavy atom. The highest BCUT2D eigenvalue weighted by molar-refractivity contribution is 7.15. The van der Waals surface area contributed by atoms with E-state index in [0.717, 1.165) is 65.3 Å². The van der Waals surface area contributed by atoms with Crippen molar-refractivity contribution in [1.82, 2.24) is 14.3 Å². The zero-order chi connectivity index (χ0) is 22.8. The number of hydrogen-bond donors (Lipinski definition) is 0. The van der Waals surface area contributed by atoms with E-state index in [1.165, 1.54) is 0 Å². The first-order valence-corrected chi connectivity index (χ1v) is 11.8. The topological polar surface area (TPSA) is 59.3 Å². The van der Waals surface area contributed by atoms with Gasteiger partial charge in [0.25, 0.3) is 0 Å². The summed E-state index contributed by atoms with van der Waals surface area (Å²) in [5.74, 6) is 1.80. The van der Waals surface area contributed by atoms with E-state index < -0.39 is 0 Å². The van der Waals surface area contributed by atoms with Crippen LogP contribution in [0.4, 0.5) is 5.69 Å². The number of anilines is 1. The van der Waals surface area contributed by atoms with Gasteiger partial charge in [-0.15, -0.1) is 11.3 Å². The Bertz CT molecular complexity index is 1260. The predicted octanol–water partition coefficient (Wildman–Crippen LogP) is 3.97. The Morgan fingerprint density at radius 3 is 2.48 bits per heavy atom. The zero-order valence-corrected chi connectivity index (χ0v) is 19.5. The minimum Gasteiger partial charge on any atom is -0.497 e. The van der Waals surface area contributed by atoms with E-state index in [1.54, 1.807) is 25.6 Å². The number of hydrogen-bond acceptors (Lipinski definition) is 6. The van der Waals surface area contributed by atoms with E-state index in [-0.39, 0.29) is 5.91 Å². The van der Waals surface area contributed by atoms with Gasteiger partial charge < -0.3 is 19.3 Å². The SMILES string of the molecule is COc1ccc(N2CCN(C(=O)Cc3csc4nc(-c5cccc(OC)c5)cn34)CC2)cc1. The Balaban J connectivity index is 1.24. The van der Waals surface area contributed by atoms with E-state index in [1.807, 2.05) is 57.3 Å². The predicted molar refractivity (Wildman–Crippen MR) is 131 cm³/mol. The van der Waals surface area contributed by atoms with E-state index in [4.69, 9.17) is 14.5 Å². The molecular weight excluding hydrogens is 436 g/mol. The third-order valence-electron chi connectivity index (χ3n) is 6.05. The number of carbonyl (C=O) groups excluding carboxylic acids is 1. The number of ether oxygens (including phenoxy) is 2. The molecule has 5 rings (SSSR count). The third kappa shape index (κ3) is 4.39. The number of methoxy groups -OCH3 is 2. The van der Waals surface area contributed by atoms with Crippen molar-refractivity contribution in [3.63, 3.8) is 0 Å². The molecular formula is C25H26N4O3S. The van der Waals surface area contributed by atoms with Crippen molar-refractivity contribution in [2.45, 2.75) is 6.42 Å². The number of aromatic nitrogens is 2. The summed E-state index contributed by atoms with van der Waals surface area (Å²) < 4.78 is 12.6. The van der Waals surface area contributed by atoms with Crippen molar-refractivity contribution in [1.29, 1.82) is 0 Å². The number of fused-ring (bicyclic) bond motifs is 1. The second-order valence-electron chi connectivity index (χ2n) is 7.98. The van der Waals surface area contributed by atoms with Crippen LogP contribution in [0.5, 0.6) is 11.5 Å². The molecule has 1 amide bonds. The van der Waals surface area contributed by atoms with Gasteiger partial charge in [-0.3, -0.25) is 9.20 Å². The maximum atomic E-state index is 13.0. The van der Waals surface area contributed by atoms with E-state index in [2.05, 4.69) is 17.0 Å². The standard InChI is InChI=1S/C25H26N4O3S/c1-31-21-8-6-19(7-9-21)27-10-12-28(13-11-27)24(30)15-20-17-33-25-26-23(16-29(20)25)18-4-3-5-22(14-18)32-2/h3-9,14,16-17H,10-13,15H2,1-2H3. The van der Waals surface area contributed by atoms with Crippen LogP contribution in [-0.2, 0) is 11.2 Å². The number of imidazole rings is 1. The fourth-order valence-electron chi connectivity index (χ4n) is 4.15. The van der Waals surface area contributed by atoms with Gasteiger partial charge in [0.1, 0.15) is 11.5 Å². The van der Waals surface area contributed by atoms with Crippen LogP contribution in [0.15, 0.2) is 60.1 Å². The third-order valence-corrected chi connectivity index (χ3v) is 6.94. The molecule has 1 aliphatic rings. The minimum absolute atomic E-state index is 0.153. The Kier molecular flexibility index (Phi) is 5.92. The molecule has 8 heteroatoms. The lowest BCUT2D eigenvalue weighted by Gasteiger charge is -2.36. The molecule has 0 bridgehead atoms. The first-order chi connectivity index (χ1) is 16.1. The van der Waals surface area contributed by atoms with Gasteiger partial charge in [0.05, 0.1) is 26.3 Å². The highest BCUT2D eigenvalue weighted by Crippen LogP contribution is 2.27. The van der Waals surface area contributed by atoms with Crippen molar-refractivity contribution in [2.75, 3.05) is 45.3 Å². The van der Waals surface area contributed by atoms with Crippen LogP contribution < -0.4 is 14.4 Å². The number of benzene rings is 2. The monoisotopic (exact) mass is 462 g/mol. The molecule has 1 saturated heterocycles. The Labute approximate surface area is 196 Å². The molecule has 0 N–H and O–H groups in total. The number of piperazine rings is 1. The van der Waals surface area contributed by atoms with Gasteiger partial charge in [-0.2, -0.15) is 0 Å². The van der Waals surface area contributed by atoms with E-state index >= 15 is 0 Å². The minimum atomic E-state index is 0.153. The molecule has 0 spiro atoms. The second-order valence-corrected chi connectivity index (χ2v) is 8.82. The summed E-state index contributed by atoms with van der Waals surface area (Å²) in [6.07, 6.45) is 2.38. The van der Waals surface area contributed by atoms with Crippen LogP contribution >= 0.6 is 11.3 Å². The van der Waals surface area contributed by atoms with Crippen molar-refractivity contribution < 1.29 is 14.3 Å². The fraction of sp³-hybridized carbons (Fsp3) is 0.280. The summed E-state index contributed by atoms with van der Waals surface area (Å²) in [4.78, 5) is 22.9. The lowest BCUT2D eigenvalue weighted by molar-refractivity contribution is -0.130. The molecule has 0 atom stereocenters. The Hall–Kier alpha value is -3.52. The maximum Gasteiger partial charge on any atom is 0.228 e. The summed E-state index contributed by atoms with van der Waals surface area (Å²) in [6.45, 7) is 3.08. The molecule has 0 unspecified atom stereocenters. The van der Waals surface area contributed by atoms with E-state index in [0.29, 0.717) is 6.42 Å². The maximum absolute atomic E-state index is 13.0. The van der Waals surface area contributed by atoms with Crippen LogP contribution in [0.1, 0.15) is 5.69 Å². The average Bonchev–Trinajstić information content (AvgIpc) is 3.46. The quantitative estimate of drug-likeness (QED) is 0.434. The van der Waals surface area contributed by atoms with Gasteiger partial charge in [-0.05, 0) is 36.4 Å². The van der Waals surface area contributed by atoms with Crippen LogP contribution in [0.3, 0.4) is 0 Å². The highest BCUT2D eigenvalue weighted by atomic mass is 32.1. The van der Waals surface area contributed by atoms with Gasteiger partial charge in [0.2, 0.25) is 5.91 Å². The molecule has 4 aromatic rings. The van der Waals surface area contributed by atoms with Crippen LogP contribution in [0, 0.1) is 0 Å². The summed E-state index contributed by atoms with van der Waals surface area (Å²) in [6, 6.07) is 15.9. The lowest BCUT2D eigenvalue weighted by Crippen LogP contribution is -2.49. The van der Waals surface area contributed by atoms with Crippen molar-refractivity contribution in [3.8, 4) is 22.8 Å². The number of rotatable bonds is 6. The summed E-state index contributed by atoms with van der Waals surface area (Å²) in [7, 11) is 3.33. The molecule has 3 heterocycles. The molecule has 1 aliphatic heterocycles. The summed E-state index contributed by atoms with van der Waals surface area (Å²) in [5.41, 5.74) is 4.00. The number of nitrogens with zero attached hydrogens (tertiary/aromatic N) is 4. The van der Waals surface area contributed by atoms with Crippen LogP contribution in [0.2, 0.25) is 0 Å².